The predicted molar refractivity (Wildman–Crippen MR) is 82.0 cm³/mol. The SMILES string of the molecule is CC[C@@]1(CF)O[C@@H](n2ccc(=O)[nH]c2=O)[C@]2(COC(=S)O2)[C@@H]1C. The van der Waals surface area contributed by atoms with Gasteiger partial charge in [-0.1, -0.05) is 13.8 Å². The molecule has 3 rings (SSSR count). The Hall–Kier alpha value is -1.74. The largest absolute Gasteiger partial charge is 0.452 e. The third-order valence-electron chi connectivity index (χ3n) is 4.90. The minimum absolute atomic E-state index is 0.0466. The van der Waals surface area contributed by atoms with Crippen molar-refractivity contribution in [3.63, 3.8) is 0 Å². The van der Waals surface area contributed by atoms with E-state index in [9.17, 15) is 14.0 Å². The second kappa shape index (κ2) is 5.41. The number of alkyl halides is 1. The molecule has 1 spiro atoms. The van der Waals surface area contributed by atoms with Gasteiger partial charge in [0.2, 0.25) is 0 Å². The quantitative estimate of drug-likeness (QED) is 0.820. The van der Waals surface area contributed by atoms with Crippen LogP contribution in [0.3, 0.4) is 0 Å². The van der Waals surface area contributed by atoms with E-state index in [0.717, 1.165) is 0 Å². The van der Waals surface area contributed by atoms with Crippen molar-refractivity contribution in [2.75, 3.05) is 13.3 Å². The zero-order chi connectivity index (χ0) is 16.8. The molecule has 2 fully saturated rings. The zero-order valence-corrected chi connectivity index (χ0v) is 13.5. The molecule has 1 aromatic heterocycles. The highest BCUT2D eigenvalue weighted by atomic mass is 32.1. The number of ether oxygens (including phenoxy) is 3. The molecule has 0 radical (unpaired) electrons. The van der Waals surface area contributed by atoms with Crippen molar-refractivity contribution in [1.29, 1.82) is 0 Å². The Labute approximate surface area is 136 Å². The van der Waals surface area contributed by atoms with Crippen molar-refractivity contribution >= 4 is 17.5 Å². The zero-order valence-electron chi connectivity index (χ0n) is 12.7. The van der Waals surface area contributed by atoms with E-state index in [4.69, 9.17) is 26.4 Å². The molecule has 4 atom stereocenters. The first-order valence-electron chi connectivity index (χ1n) is 7.29. The van der Waals surface area contributed by atoms with Gasteiger partial charge in [-0.25, -0.2) is 9.18 Å². The van der Waals surface area contributed by atoms with Crippen molar-refractivity contribution in [2.24, 2.45) is 5.92 Å². The molecular formula is C14H17FN2O5S. The number of halogens is 1. The Morgan fingerprint density at radius 3 is 2.78 bits per heavy atom. The smallest absolute Gasteiger partial charge is 0.353 e. The van der Waals surface area contributed by atoms with Gasteiger partial charge in [-0.05, 0) is 6.42 Å². The lowest BCUT2D eigenvalue weighted by Gasteiger charge is -2.32. The number of H-pyrrole nitrogens is 1. The Morgan fingerprint density at radius 2 is 2.26 bits per heavy atom. The van der Waals surface area contributed by atoms with E-state index in [0.29, 0.717) is 6.42 Å². The number of nitrogens with one attached hydrogen (secondary N) is 1. The molecule has 0 aromatic carbocycles. The molecule has 1 aromatic rings. The number of rotatable bonds is 3. The van der Waals surface area contributed by atoms with Gasteiger partial charge >= 0.3 is 10.9 Å². The maximum atomic E-state index is 13.8. The van der Waals surface area contributed by atoms with Crippen LogP contribution >= 0.6 is 12.2 Å². The third-order valence-corrected chi connectivity index (χ3v) is 5.11. The molecule has 1 N–H and O–H groups in total. The van der Waals surface area contributed by atoms with Crippen LogP contribution in [0.15, 0.2) is 21.9 Å². The Balaban J connectivity index is 2.15. The van der Waals surface area contributed by atoms with E-state index in [1.54, 1.807) is 13.8 Å². The second-order valence-corrected chi connectivity index (χ2v) is 6.19. The summed E-state index contributed by atoms with van der Waals surface area (Å²) in [4.78, 5) is 25.6. The summed E-state index contributed by atoms with van der Waals surface area (Å²) >= 11 is 4.95. The van der Waals surface area contributed by atoms with Crippen molar-refractivity contribution in [3.05, 3.63) is 33.1 Å². The highest BCUT2D eigenvalue weighted by molar-refractivity contribution is 7.79. The molecular weight excluding hydrogens is 327 g/mol. The topological polar surface area (TPSA) is 82.6 Å². The summed E-state index contributed by atoms with van der Waals surface area (Å²) in [7, 11) is 0. The normalized spacial score (nSPS) is 36.2. The summed E-state index contributed by atoms with van der Waals surface area (Å²) in [6, 6.07) is 1.19. The molecule has 2 aliphatic rings. The van der Waals surface area contributed by atoms with Crippen molar-refractivity contribution < 1.29 is 18.6 Å². The van der Waals surface area contributed by atoms with Gasteiger partial charge in [0.05, 0.1) is 0 Å². The Bertz CT molecular complexity index is 743. The first kappa shape index (κ1) is 16.1. The summed E-state index contributed by atoms with van der Waals surface area (Å²) in [5.41, 5.74) is -3.44. The maximum Gasteiger partial charge on any atom is 0.353 e. The van der Waals surface area contributed by atoms with Gasteiger partial charge in [-0.15, -0.1) is 0 Å². The minimum atomic E-state index is -1.12. The number of nitrogens with zero attached hydrogens (tertiary/aromatic N) is 1. The van der Waals surface area contributed by atoms with Crippen molar-refractivity contribution in [3.8, 4) is 0 Å². The molecule has 0 amide bonds. The number of aromatic amines is 1. The number of thiocarbonyl (C=S) groups is 1. The van der Waals surface area contributed by atoms with Gasteiger partial charge in [0.1, 0.15) is 18.9 Å². The molecule has 126 valence electrons. The fourth-order valence-electron chi connectivity index (χ4n) is 3.34. The molecule has 23 heavy (non-hydrogen) atoms. The molecule has 0 unspecified atom stereocenters. The van der Waals surface area contributed by atoms with E-state index in [2.05, 4.69) is 4.98 Å². The first-order valence-corrected chi connectivity index (χ1v) is 7.70. The highest BCUT2D eigenvalue weighted by Gasteiger charge is 2.67. The summed E-state index contributed by atoms with van der Waals surface area (Å²) < 4.78 is 31.9. The average Bonchev–Trinajstić information content (AvgIpc) is 3.02. The van der Waals surface area contributed by atoms with Crippen LogP contribution in [0.1, 0.15) is 26.5 Å². The summed E-state index contributed by atoms with van der Waals surface area (Å²) in [6.45, 7) is 2.90. The van der Waals surface area contributed by atoms with Crippen LogP contribution in [-0.4, -0.2) is 39.3 Å². The summed E-state index contributed by atoms with van der Waals surface area (Å²) in [5, 5.41) is -0.0614. The number of hydrogen-bond donors (Lipinski definition) is 1. The Morgan fingerprint density at radius 1 is 1.52 bits per heavy atom. The van der Waals surface area contributed by atoms with Crippen molar-refractivity contribution in [1.82, 2.24) is 9.55 Å². The highest BCUT2D eigenvalue weighted by Crippen LogP contribution is 2.53. The molecule has 2 saturated heterocycles. The van der Waals surface area contributed by atoms with Gasteiger partial charge in [0.25, 0.3) is 5.56 Å². The average molecular weight is 344 g/mol. The van der Waals surface area contributed by atoms with Gasteiger partial charge in [-0.3, -0.25) is 14.3 Å². The molecule has 0 aliphatic carbocycles. The van der Waals surface area contributed by atoms with Crippen LogP contribution in [0.2, 0.25) is 0 Å². The molecule has 0 bridgehead atoms. The maximum absolute atomic E-state index is 13.8. The third kappa shape index (κ3) is 2.21. The van der Waals surface area contributed by atoms with E-state index < -0.39 is 41.3 Å². The predicted octanol–water partition coefficient (Wildman–Crippen LogP) is 0.890. The fraction of sp³-hybridized carbons (Fsp3) is 0.643. The molecule has 7 nitrogen and oxygen atoms in total. The van der Waals surface area contributed by atoms with Gasteiger partial charge in [-0.2, -0.15) is 0 Å². The van der Waals surface area contributed by atoms with Crippen LogP contribution in [0.4, 0.5) is 4.39 Å². The van der Waals surface area contributed by atoms with E-state index in [1.165, 1.54) is 16.8 Å². The van der Waals surface area contributed by atoms with E-state index in [1.807, 2.05) is 0 Å². The van der Waals surface area contributed by atoms with Crippen LogP contribution in [0, 0.1) is 5.92 Å². The number of aromatic nitrogens is 2. The lowest BCUT2D eigenvalue weighted by molar-refractivity contribution is -0.116. The lowest BCUT2D eigenvalue weighted by Crippen LogP contribution is -2.49. The molecule has 2 aliphatic heterocycles. The summed E-state index contributed by atoms with van der Waals surface area (Å²) in [5.74, 6) is -0.422. The Kier molecular flexibility index (Phi) is 3.80. The van der Waals surface area contributed by atoms with Gasteiger partial charge < -0.3 is 14.2 Å². The molecule has 9 heteroatoms. The van der Waals surface area contributed by atoms with Crippen LogP contribution < -0.4 is 11.2 Å². The molecule has 0 saturated carbocycles. The van der Waals surface area contributed by atoms with Gasteiger partial charge in [0, 0.05) is 30.4 Å². The van der Waals surface area contributed by atoms with Crippen molar-refractivity contribution in [2.45, 2.75) is 37.7 Å². The van der Waals surface area contributed by atoms with E-state index >= 15 is 0 Å². The first-order chi connectivity index (χ1) is 10.9. The van der Waals surface area contributed by atoms with Crippen LogP contribution in [0.25, 0.3) is 0 Å². The lowest BCUT2D eigenvalue weighted by atomic mass is 9.78. The standard InChI is InChI=1S/C14H17FN2O5S/c1-3-13(6-15)8(2)14(7-20-12(23)22-14)10(21-13)17-5-4-9(18)16-11(17)19/h4-5,8,10H,3,6-7H2,1-2H3,(H,16,18,19)/t8-,10-,13+,14+/m1/s1. The van der Waals surface area contributed by atoms with Crippen LogP contribution in [-0.2, 0) is 14.2 Å². The summed E-state index contributed by atoms with van der Waals surface area (Å²) in [6.07, 6.45) is 0.726. The van der Waals surface area contributed by atoms with Crippen LogP contribution in [0.5, 0.6) is 0 Å². The van der Waals surface area contributed by atoms with Gasteiger partial charge in [0.15, 0.2) is 11.8 Å². The minimum Gasteiger partial charge on any atom is -0.452 e. The second-order valence-electron chi connectivity index (χ2n) is 5.86. The monoisotopic (exact) mass is 344 g/mol. The van der Waals surface area contributed by atoms with E-state index in [-0.39, 0.29) is 11.8 Å². The number of hydrogen-bond acceptors (Lipinski definition) is 6. The molecule has 3 heterocycles. The fourth-order valence-corrected chi connectivity index (χ4v) is 3.55.